The molecule has 0 aliphatic carbocycles. The summed E-state index contributed by atoms with van der Waals surface area (Å²) in [6, 6.07) is 8.00. The lowest BCUT2D eigenvalue weighted by molar-refractivity contribution is 0.757. The van der Waals surface area contributed by atoms with Crippen LogP contribution in [0.5, 0.6) is 0 Å². The molecule has 3 heterocycles. The average molecular weight is 227 g/mol. The molecule has 0 saturated heterocycles. The summed E-state index contributed by atoms with van der Waals surface area (Å²) in [5.74, 6) is 0.834. The van der Waals surface area contributed by atoms with E-state index in [0.29, 0.717) is 0 Å². The van der Waals surface area contributed by atoms with Crippen LogP contribution in [-0.4, -0.2) is 24.4 Å². The number of aryl methyl sites for hydroxylation is 3. The van der Waals surface area contributed by atoms with Crippen molar-refractivity contribution in [2.75, 3.05) is 0 Å². The highest BCUT2D eigenvalue weighted by molar-refractivity contribution is 5.57. The second kappa shape index (κ2) is 3.41. The number of aromatic nitrogens is 5. The lowest BCUT2D eigenvalue weighted by Crippen LogP contribution is -1.99. The summed E-state index contributed by atoms with van der Waals surface area (Å²) in [5.41, 5.74) is 3.93. The molecule has 3 aromatic rings. The van der Waals surface area contributed by atoms with Crippen molar-refractivity contribution in [1.29, 1.82) is 0 Å². The fraction of sp³-hybridized carbons (Fsp3) is 0.250. The second-order valence-electron chi connectivity index (χ2n) is 4.18. The molecule has 0 N–H and O–H groups in total. The van der Waals surface area contributed by atoms with Crippen LogP contribution in [0, 0.1) is 13.8 Å². The molecule has 0 radical (unpaired) electrons. The van der Waals surface area contributed by atoms with Crippen molar-refractivity contribution in [3.05, 3.63) is 35.7 Å². The van der Waals surface area contributed by atoms with Gasteiger partial charge in [-0.25, -0.2) is 0 Å². The van der Waals surface area contributed by atoms with Gasteiger partial charge in [0.15, 0.2) is 11.5 Å². The zero-order chi connectivity index (χ0) is 12.0. The topological polar surface area (TPSA) is 48.0 Å². The smallest absolute Gasteiger partial charge is 0.186 e. The van der Waals surface area contributed by atoms with Crippen LogP contribution in [0.4, 0.5) is 0 Å². The minimum Gasteiger partial charge on any atom is -0.278 e. The van der Waals surface area contributed by atoms with E-state index in [4.69, 9.17) is 0 Å². The third-order valence-electron chi connectivity index (χ3n) is 2.85. The standard InChI is InChI=1S/C12H13N5/c1-8-7-10(16(3)15-8)12-14-13-11-6-4-5-9(2)17(11)12/h4-7H,1-3H3. The lowest BCUT2D eigenvalue weighted by atomic mass is 10.3. The van der Waals surface area contributed by atoms with Gasteiger partial charge >= 0.3 is 0 Å². The highest BCUT2D eigenvalue weighted by atomic mass is 15.3. The van der Waals surface area contributed by atoms with Crippen molar-refractivity contribution in [3.63, 3.8) is 0 Å². The molecule has 0 aliphatic rings. The van der Waals surface area contributed by atoms with Gasteiger partial charge in [-0.3, -0.25) is 9.08 Å². The second-order valence-corrected chi connectivity index (χ2v) is 4.18. The number of pyridine rings is 1. The number of fused-ring (bicyclic) bond motifs is 1. The van der Waals surface area contributed by atoms with E-state index < -0.39 is 0 Å². The minimum atomic E-state index is 0.834. The molecule has 0 spiro atoms. The van der Waals surface area contributed by atoms with Crippen LogP contribution in [0.15, 0.2) is 24.3 Å². The predicted octanol–water partition coefficient (Wildman–Crippen LogP) is 1.75. The SMILES string of the molecule is Cc1cc(-c2nnc3cccc(C)n23)n(C)n1. The molecule has 5 heteroatoms. The first-order valence-corrected chi connectivity index (χ1v) is 5.48. The van der Waals surface area contributed by atoms with E-state index in [1.807, 2.05) is 54.2 Å². The quantitative estimate of drug-likeness (QED) is 0.636. The lowest BCUT2D eigenvalue weighted by Gasteiger charge is -2.03. The molecule has 0 amide bonds. The van der Waals surface area contributed by atoms with Crippen LogP contribution in [0.2, 0.25) is 0 Å². The van der Waals surface area contributed by atoms with Crippen molar-refractivity contribution in [1.82, 2.24) is 24.4 Å². The Kier molecular flexibility index (Phi) is 2.01. The summed E-state index contributed by atoms with van der Waals surface area (Å²) < 4.78 is 3.87. The van der Waals surface area contributed by atoms with Crippen molar-refractivity contribution in [2.24, 2.45) is 7.05 Å². The maximum atomic E-state index is 4.34. The van der Waals surface area contributed by atoms with E-state index in [2.05, 4.69) is 15.3 Å². The molecule has 0 bridgehead atoms. The van der Waals surface area contributed by atoms with Crippen molar-refractivity contribution in [2.45, 2.75) is 13.8 Å². The Balaban J connectivity index is 2.35. The Morgan fingerprint density at radius 3 is 2.65 bits per heavy atom. The van der Waals surface area contributed by atoms with E-state index >= 15 is 0 Å². The minimum absolute atomic E-state index is 0.834. The Hall–Kier alpha value is -2.17. The number of nitrogens with zero attached hydrogens (tertiary/aromatic N) is 5. The maximum absolute atomic E-state index is 4.34. The van der Waals surface area contributed by atoms with E-state index in [1.165, 1.54) is 0 Å². The first-order chi connectivity index (χ1) is 8.16. The number of hydrogen-bond acceptors (Lipinski definition) is 3. The molecule has 0 atom stereocenters. The summed E-state index contributed by atoms with van der Waals surface area (Å²) >= 11 is 0. The molecular weight excluding hydrogens is 214 g/mol. The predicted molar refractivity (Wildman–Crippen MR) is 64.7 cm³/mol. The van der Waals surface area contributed by atoms with Gasteiger partial charge in [0.2, 0.25) is 0 Å². The Bertz CT molecular complexity index is 692. The van der Waals surface area contributed by atoms with E-state index in [-0.39, 0.29) is 0 Å². The first-order valence-electron chi connectivity index (χ1n) is 5.48. The van der Waals surface area contributed by atoms with Crippen molar-refractivity contribution < 1.29 is 0 Å². The molecule has 0 unspecified atom stereocenters. The van der Waals surface area contributed by atoms with Gasteiger partial charge in [-0.05, 0) is 32.0 Å². The molecule has 0 saturated carbocycles. The molecule has 0 fully saturated rings. The molecule has 3 aromatic heterocycles. The third kappa shape index (κ3) is 1.43. The van der Waals surface area contributed by atoms with Gasteiger partial charge < -0.3 is 0 Å². The molecule has 5 nitrogen and oxygen atoms in total. The molecule has 0 aliphatic heterocycles. The Morgan fingerprint density at radius 1 is 1.12 bits per heavy atom. The first kappa shape index (κ1) is 10.0. The van der Waals surface area contributed by atoms with Crippen LogP contribution in [0.1, 0.15) is 11.4 Å². The van der Waals surface area contributed by atoms with Gasteiger partial charge in [0.05, 0.1) is 5.69 Å². The molecule has 86 valence electrons. The third-order valence-corrected chi connectivity index (χ3v) is 2.85. The van der Waals surface area contributed by atoms with Crippen LogP contribution >= 0.6 is 0 Å². The van der Waals surface area contributed by atoms with Gasteiger partial charge in [-0.2, -0.15) is 5.10 Å². The number of hydrogen-bond donors (Lipinski definition) is 0. The molecule has 17 heavy (non-hydrogen) atoms. The van der Waals surface area contributed by atoms with E-state index in [0.717, 1.165) is 28.6 Å². The fourth-order valence-corrected chi connectivity index (χ4v) is 2.09. The largest absolute Gasteiger partial charge is 0.278 e. The number of rotatable bonds is 1. The highest BCUT2D eigenvalue weighted by Gasteiger charge is 2.13. The van der Waals surface area contributed by atoms with Crippen LogP contribution < -0.4 is 0 Å². The summed E-state index contributed by atoms with van der Waals surface area (Å²) in [5, 5.41) is 12.8. The molecule has 0 aromatic carbocycles. The van der Waals surface area contributed by atoms with Crippen molar-refractivity contribution in [3.8, 4) is 11.5 Å². The van der Waals surface area contributed by atoms with Gasteiger partial charge in [0.25, 0.3) is 0 Å². The van der Waals surface area contributed by atoms with Crippen molar-refractivity contribution >= 4 is 5.65 Å². The fourth-order valence-electron chi connectivity index (χ4n) is 2.09. The van der Waals surface area contributed by atoms with Gasteiger partial charge in [-0.1, -0.05) is 6.07 Å². The van der Waals surface area contributed by atoms with E-state index in [9.17, 15) is 0 Å². The highest BCUT2D eigenvalue weighted by Crippen LogP contribution is 2.20. The monoisotopic (exact) mass is 227 g/mol. The van der Waals surface area contributed by atoms with Crippen LogP contribution in [-0.2, 0) is 7.05 Å². The maximum Gasteiger partial charge on any atom is 0.186 e. The molecule has 3 rings (SSSR count). The van der Waals surface area contributed by atoms with Gasteiger partial charge in [0, 0.05) is 12.7 Å². The summed E-state index contributed by atoms with van der Waals surface area (Å²) in [7, 11) is 1.92. The summed E-state index contributed by atoms with van der Waals surface area (Å²) in [6.45, 7) is 4.02. The van der Waals surface area contributed by atoms with E-state index in [1.54, 1.807) is 0 Å². The normalized spacial score (nSPS) is 11.2. The Morgan fingerprint density at radius 2 is 1.94 bits per heavy atom. The van der Waals surface area contributed by atoms with Gasteiger partial charge in [-0.15, -0.1) is 10.2 Å². The average Bonchev–Trinajstić information content (AvgIpc) is 2.83. The zero-order valence-electron chi connectivity index (χ0n) is 10.0. The zero-order valence-corrected chi connectivity index (χ0v) is 10.0. The van der Waals surface area contributed by atoms with Crippen LogP contribution in [0.25, 0.3) is 17.2 Å². The molecular formula is C12H13N5. The van der Waals surface area contributed by atoms with Crippen LogP contribution in [0.3, 0.4) is 0 Å². The summed E-state index contributed by atoms with van der Waals surface area (Å²) in [4.78, 5) is 0. The summed E-state index contributed by atoms with van der Waals surface area (Å²) in [6.07, 6.45) is 0. The van der Waals surface area contributed by atoms with Gasteiger partial charge in [0.1, 0.15) is 5.69 Å². The Labute approximate surface area is 98.7 Å².